The molecular formula is C55H88N2O20. The van der Waals surface area contributed by atoms with Crippen molar-refractivity contribution in [3.63, 3.8) is 0 Å². The first-order valence-corrected chi connectivity index (χ1v) is 27.8. The number of ether oxygens (including phenoxy) is 8. The third-order valence-electron chi connectivity index (χ3n) is 19.1. The lowest BCUT2D eigenvalue weighted by atomic mass is 9.45. The molecule has 0 aromatic rings. The maximum atomic E-state index is 13.0. The second-order valence-corrected chi connectivity index (χ2v) is 24.8. The molecule has 0 radical (unpaired) electrons. The van der Waals surface area contributed by atoms with Crippen molar-refractivity contribution in [1.29, 1.82) is 0 Å². The lowest BCUT2D eigenvalue weighted by molar-refractivity contribution is -0.371. The zero-order chi connectivity index (χ0) is 56.2. The summed E-state index contributed by atoms with van der Waals surface area (Å²) < 4.78 is 49.5. The van der Waals surface area contributed by atoms with E-state index in [0.717, 1.165) is 50.5 Å². The predicted octanol–water partition coefficient (Wildman–Crippen LogP) is 0.131. The smallest absolute Gasteiger partial charge is 0.217 e. The average Bonchev–Trinajstić information content (AvgIpc) is 3.84. The van der Waals surface area contributed by atoms with Crippen LogP contribution in [0.25, 0.3) is 0 Å². The fourth-order valence-corrected chi connectivity index (χ4v) is 15.2. The molecule has 0 aromatic carbocycles. The highest BCUT2D eigenvalue weighted by Gasteiger charge is 2.61. The van der Waals surface area contributed by atoms with Crippen LogP contribution in [-0.4, -0.2) is 207 Å². The van der Waals surface area contributed by atoms with E-state index in [2.05, 4.69) is 45.3 Å². The molecule has 22 heteroatoms. The number of amides is 2. The quantitative estimate of drug-likeness (QED) is 0.0723. The van der Waals surface area contributed by atoms with Crippen LogP contribution in [0.15, 0.2) is 22.8 Å². The van der Waals surface area contributed by atoms with E-state index in [-0.39, 0.29) is 41.7 Å². The zero-order valence-corrected chi connectivity index (χ0v) is 46.1. The summed E-state index contributed by atoms with van der Waals surface area (Å²) >= 11 is 0. The summed E-state index contributed by atoms with van der Waals surface area (Å²) in [6.07, 6.45) is -15.7. The Morgan fingerprint density at radius 1 is 0.688 bits per heavy atom. The Morgan fingerprint density at radius 3 is 1.95 bits per heavy atom. The van der Waals surface area contributed by atoms with Crippen LogP contribution in [0.4, 0.5) is 0 Å². The number of aliphatic hydroxyl groups excluding tert-OH is 9. The number of carbonyl (C=O) groups excluding carboxylic acids is 3. The zero-order valence-electron chi connectivity index (χ0n) is 46.1. The Labute approximate surface area is 451 Å². The molecule has 0 aromatic heterocycles. The van der Waals surface area contributed by atoms with Crippen LogP contribution in [-0.2, 0) is 52.3 Å². The highest BCUT2D eigenvalue weighted by atomic mass is 16.8. The molecule has 6 fully saturated rings. The molecule has 11 N–H and O–H groups in total. The van der Waals surface area contributed by atoms with Crippen LogP contribution in [0.1, 0.15) is 120 Å². The van der Waals surface area contributed by atoms with E-state index in [1.54, 1.807) is 17.2 Å². The number of allylic oxidation sites excluding steroid dienone is 4. The number of carbonyl (C=O) groups is 3. The Balaban J connectivity index is 1.05. The van der Waals surface area contributed by atoms with Crippen LogP contribution >= 0.6 is 0 Å². The molecule has 438 valence electrons. The number of aliphatic hydroxyl groups is 9. The van der Waals surface area contributed by atoms with Crippen molar-refractivity contribution in [1.82, 2.24) is 10.6 Å². The van der Waals surface area contributed by atoms with Crippen molar-refractivity contribution in [2.75, 3.05) is 26.4 Å². The van der Waals surface area contributed by atoms with Gasteiger partial charge in [-0.05, 0) is 111 Å². The van der Waals surface area contributed by atoms with Gasteiger partial charge < -0.3 is 94.5 Å². The predicted molar refractivity (Wildman–Crippen MR) is 270 cm³/mol. The Kier molecular flexibility index (Phi) is 18.9. The number of hydrogen-bond acceptors (Lipinski definition) is 20. The first-order valence-electron chi connectivity index (χ1n) is 27.8. The van der Waals surface area contributed by atoms with Gasteiger partial charge in [0.15, 0.2) is 30.9 Å². The van der Waals surface area contributed by atoms with Crippen LogP contribution in [0.3, 0.4) is 0 Å². The van der Waals surface area contributed by atoms with Gasteiger partial charge >= 0.3 is 0 Å². The molecule has 8 aliphatic rings. The van der Waals surface area contributed by atoms with Crippen molar-refractivity contribution in [2.24, 2.45) is 39.9 Å². The summed E-state index contributed by atoms with van der Waals surface area (Å²) in [7, 11) is 0. The molecule has 25 atom stereocenters. The first-order chi connectivity index (χ1) is 36.2. The van der Waals surface area contributed by atoms with Crippen LogP contribution in [0.2, 0.25) is 0 Å². The number of fused-ring (bicyclic) bond motifs is 4. The van der Waals surface area contributed by atoms with Gasteiger partial charge in [0.05, 0.1) is 32.5 Å². The maximum Gasteiger partial charge on any atom is 0.217 e. The van der Waals surface area contributed by atoms with Gasteiger partial charge in [-0.1, -0.05) is 51.3 Å². The lowest BCUT2D eigenvalue weighted by Crippen LogP contribution is -2.68. The minimum absolute atomic E-state index is 0.107. The SMILES string of the molecule is CC(=O)NC1C(OC2COC(OC3CCC4(C)C5=C(CCC4C3(C)C)C3CCC(C(C)CC(=O)C=C(C)C)C3(C)CC5)C(OC3OC(COC4OCC(O)C(O)C4O)C(O)C(O)C3NC(C)=O)C2O)OC(CO)C(O)C1O. The average molecular weight is 1100 g/mol. The molecule has 8 rings (SSSR count). The summed E-state index contributed by atoms with van der Waals surface area (Å²) in [5.41, 5.74) is 3.67. The minimum Gasteiger partial charge on any atom is -0.394 e. The van der Waals surface area contributed by atoms with Crippen LogP contribution < -0.4 is 10.6 Å². The minimum atomic E-state index is -1.78. The fourth-order valence-electron chi connectivity index (χ4n) is 15.2. The van der Waals surface area contributed by atoms with Crippen LogP contribution in [0, 0.1) is 39.9 Å². The lowest BCUT2D eigenvalue weighted by Gasteiger charge is -2.61. The van der Waals surface area contributed by atoms with Gasteiger partial charge in [0, 0.05) is 20.3 Å². The van der Waals surface area contributed by atoms with Crippen molar-refractivity contribution in [2.45, 2.75) is 237 Å². The highest BCUT2D eigenvalue weighted by Crippen LogP contribution is 2.68. The van der Waals surface area contributed by atoms with E-state index in [1.165, 1.54) is 13.8 Å². The molecule has 4 aliphatic heterocycles. The molecule has 2 saturated carbocycles. The second-order valence-electron chi connectivity index (χ2n) is 24.8. The van der Waals surface area contributed by atoms with Crippen molar-refractivity contribution in [3.05, 3.63) is 22.8 Å². The third-order valence-corrected chi connectivity index (χ3v) is 19.1. The van der Waals surface area contributed by atoms with Crippen LogP contribution in [0.5, 0.6) is 0 Å². The normalized spacial score (nSPS) is 46.2. The van der Waals surface area contributed by atoms with Gasteiger partial charge in [-0.2, -0.15) is 0 Å². The Morgan fingerprint density at radius 2 is 1.31 bits per heavy atom. The standard InChI is InChI=1S/C55H88N2O20/c1-24(2)18-28(61)19-25(3)30-11-12-31-29-10-13-37-53(6,7)38(15-17-55(37,9)32(29)14-16-54(30,31)8)76-52-48(44(66)36(23-72-52)75-49-39(56-26(4)59)45(67)42(64)34(20-58)73-49)77-50-40(57-27(5)60)46(68)43(65)35(74-50)22-71-51-47(69)41(63)33(62)21-70-51/h18,25,30-31,33-52,58,62-69H,10-17,19-23H2,1-9H3,(H,56,59)(H,57,60). The number of rotatable bonds is 16. The number of hydrogen-bond donors (Lipinski definition) is 11. The van der Waals surface area contributed by atoms with E-state index >= 15 is 0 Å². The van der Waals surface area contributed by atoms with Gasteiger partial charge in [0.25, 0.3) is 0 Å². The second kappa shape index (κ2) is 24.1. The van der Waals surface area contributed by atoms with Gasteiger partial charge in [-0.15, -0.1) is 0 Å². The van der Waals surface area contributed by atoms with E-state index in [9.17, 15) is 60.3 Å². The largest absolute Gasteiger partial charge is 0.394 e. The summed E-state index contributed by atoms with van der Waals surface area (Å²) in [5.74, 6) is 0.317. The molecule has 4 heterocycles. The molecular weight excluding hydrogens is 1010 g/mol. The van der Waals surface area contributed by atoms with E-state index < -0.39 is 147 Å². The van der Waals surface area contributed by atoms with E-state index in [0.29, 0.717) is 24.7 Å². The molecule has 0 bridgehead atoms. The summed E-state index contributed by atoms with van der Waals surface area (Å²) in [6, 6.07) is -2.86. The van der Waals surface area contributed by atoms with Gasteiger partial charge in [0.2, 0.25) is 11.8 Å². The van der Waals surface area contributed by atoms with Gasteiger partial charge in [0.1, 0.15) is 85.3 Å². The molecule has 4 saturated heterocycles. The number of nitrogens with one attached hydrogen (secondary N) is 2. The van der Waals surface area contributed by atoms with Gasteiger partial charge in [-0.25, -0.2) is 0 Å². The molecule has 0 spiro atoms. The maximum absolute atomic E-state index is 13.0. The summed E-state index contributed by atoms with van der Waals surface area (Å²) in [6.45, 7) is 15.8. The molecule has 4 aliphatic carbocycles. The van der Waals surface area contributed by atoms with E-state index in [4.69, 9.17) is 37.9 Å². The highest BCUT2D eigenvalue weighted by molar-refractivity contribution is 5.90. The third kappa shape index (κ3) is 12.0. The van der Waals surface area contributed by atoms with Gasteiger partial charge in [-0.3, -0.25) is 14.4 Å². The molecule has 25 unspecified atom stereocenters. The van der Waals surface area contributed by atoms with Crippen molar-refractivity contribution < 1.29 is 98.2 Å². The Bertz CT molecular complexity index is 2160. The fraction of sp³-hybridized carbons (Fsp3) is 0.873. The molecule has 77 heavy (non-hydrogen) atoms. The summed E-state index contributed by atoms with van der Waals surface area (Å²) in [4.78, 5) is 38.0. The number of ketones is 1. The monoisotopic (exact) mass is 1100 g/mol. The topological polar surface area (TPSA) is 331 Å². The van der Waals surface area contributed by atoms with E-state index in [1.807, 2.05) is 13.8 Å². The van der Waals surface area contributed by atoms with Crippen molar-refractivity contribution in [3.8, 4) is 0 Å². The first kappa shape index (κ1) is 60.5. The summed E-state index contributed by atoms with van der Waals surface area (Å²) in [5, 5.41) is 103. The molecule has 2 amide bonds. The molecule has 22 nitrogen and oxygen atoms in total. The Hall–Kier alpha value is -2.59. The van der Waals surface area contributed by atoms with Crippen molar-refractivity contribution >= 4 is 17.6 Å².